The van der Waals surface area contributed by atoms with Crippen LogP contribution in [0.1, 0.15) is 43.0 Å². The van der Waals surface area contributed by atoms with E-state index in [1.54, 1.807) is 43.6 Å². The Labute approximate surface area is 261 Å². The van der Waals surface area contributed by atoms with Crippen LogP contribution in [-0.4, -0.2) is 49.1 Å². The molecule has 3 aromatic carbocycles. The first-order valence-corrected chi connectivity index (χ1v) is 14.0. The van der Waals surface area contributed by atoms with Gasteiger partial charge in [0, 0.05) is 53.1 Å². The quantitative estimate of drug-likeness (QED) is 0.174. The predicted octanol–water partition coefficient (Wildman–Crippen LogP) is 5.71. The standard InChI is InChI=1S/C33H24ClN7O4/c1-45-31-7-3-20(16-36-31)17-41-18-25(27-5-4-26(34)13-30(27)41)12-24(14-35)21-9-22(11-23(10-21)33(43)44)32(42)37-15-19-2-6-28-29(8-19)39-40-38-28/h2-13,16,18H,15,17H2,1H3,(H,37,42)(H,43,44)(H,38,39,40)/b24-12+. The SMILES string of the molecule is COc1ccc(Cn2cc(/C=C(\C#N)c3cc(C(=O)O)cc(C(=O)NCc4ccc5n[nH]nc5c4)c3)c3ccc(Cl)cc32)cn1. The van der Waals surface area contributed by atoms with Crippen LogP contribution in [0.25, 0.3) is 33.6 Å². The molecule has 0 saturated carbocycles. The minimum atomic E-state index is -1.22. The summed E-state index contributed by atoms with van der Waals surface area (Å²) in [5.74, 6) is -1.21. The van der Waals surface area contributed by atoms with Crippen LogP contribution in [0.4, 0.5) is 0 Å². The van der Waals surface area contributed by atoms with Crippen molar-refractivity contribution in [2.45, 2.75) is 13.1 Å². The number of carbonyl (C=O) groups is 2. The van der Waals surface area contributed by atoms with Crippen LogP contribution >= 0.6 is 11.6 Å². The zero-order valence-corrected chi connectivity index (χ0v) is 24.5. The summed E-state index contributed by atoms with van der Waals surface area (Å²) in [5.41, 5.74) is 5.09. The third-order valence-corrected chi connectivity index (χ3v) is 7.48. The lowest BCUT2D eigenvalue weighted by molar-refractivity contribution is 0.0697. The molecule has 0 unspecified atom stereocenters. The summed E-state index contributed by atoms with van der Waals surface area (Å²) in [6, 6.07) is 20.9. The van der Waals surface area contributed by atoms with Gasteiger partial charge in [0.15, 0.2) is 0 Å². The van der Waals surface area contributed by atoms with E-state index in [1.165, 1.54) is 18.2 Å². The van der Waals surface area contributed by atoms with E-state index in [9.17, 15) is 20.0 Å². The molecule has 0 radical (unpaired) electrons. The number of aromatic nitrogens is 5. The van der Waals surface area contributed by atoms with Crippen LogP contribution in [0.3, 0.4) is 0 Å². The normalized spacial score (nSPS) is 11.4. The number of nitrogens with one attached hydrogen (secondary N) is 2. The molecule has 3 aromatic heterocycles. The number of pyridine rings is 1. The number of ether oxygens (including phenoxy) is 1. The maximum absolute atomic E-state index is 13.2. The van der Waals surface area contributed by atoms with Crippen molar-refractivity contribution in [3.63, 3.8) is 0 Å². The number of carbonyl (C=O) groups excluding carboxylic acids is 1. The first kappa shape index (κ1) is 29.1. The van der Waals surface area contributed by atoms with Gasteiger partial charge in [0.1, 0.15) is 11.0 Å². The number of carboxylic acid groups (broad SMARTS) is 1. The second-order valence-corrected chi connectivity index (χ2v) is 10.6. The van der Waals surface area contributed by atoms with E-state index in [-0.39, 0.29) is 23.2 Å². The number of benzene rings is 3. The molecule has 0 aliphatic carbocycles. The van der Waals surface area contributed by atoms with E-state index in [4.69, 9.17) is 16.3 Å². The van der Waals surface area contributed by atoms with Gasteiger partial charge in [0.2, 0.25) is 5.88 Å². The van der Waals surface area contributed by atoms with Crippen molar-refractivity contribution < 1.29 is 19.4 Å². The summed E-state index contributed by atoms with van der Waals surface area (Å²) in [5, 5.41) is 34.8. The number of H-pyrrole nitrogens is 1. The van der Waals surface area contributed by atoms with Crippen molar-refractivity contribution in [1.82, 2.24) is 30.3 Å². The molecule has 0 aliphatic rings. The van der Waals surface area contributed by atoms with Gasteiger partial charge in [0.05, 0.1) is 29.8 Å². The van der Waals surface area contributed by atoms with Crippen molar-refractivity contribution in [1.29, 1.82) is 5.26 Å². The van der Waals surface area contributed by atoms with Crippen molar-refractivity contribution in [3.8, 4) is 11.9 Å². The van der Waals surface area contributed by atoms with Crippen LogP contribution in [0.15, 0.2) is 79.1 Å². The zero-order valence-electron chi connectivity index (χ0n) is 23.8. The monoisotopic (exact) mass is 617 g/mol. The van der Waals surface area contributed by atoms with Gasteiger partial charge in [-0.1, -0.05) is 29.8 Å². The molecule has 12 heteroatoms. The summed E-state index contributed by atoms with van der Waals surface area (Å²) < 4.78 is 7.15. The first-order chi connectivity index (χ1) is 21.8. The average Bonchev–Trinajstić information content (AvgIpc) is 3.66. The lowest BCUT2D eigenvalue weighted by Crippen LogP contribution is -2.23. The molecule has 222 valence electrons. The van der Waals surface area contributed by atoms with E-state index in [0.29, 0.717) is 34.0 Å². The highest BCUT2D eigenvalue weighted by Gasteiger charge is 2.16. The van der Waals surface area contributed by atoms with Crippen LogP contribution in [0.5, 0.6) is 5.88 Å². The number of fused-ring (bicyclic) bond motifs is 2. The second-order valence-electron chi connectivity index (χ2n) is 10.2. The summed E-state index contributed by atoms with van der Waals surface area (Å²) in [6.07, 6.45) is 5.29. The molecule has 1 amide bonds. The third kappa shape index (κ3) is 6.22. The number of amides is 1. The fourth-order valence-electron chi connectivity index (χ4n) is 5.01. The van der Waals surface area contributed by atoms with Crippen molar-refractivity contribution >= 4 is 57.1 Å². The fraction of sp³-hybridized carbons (Fsp3) is 0.0909. The topological polar surface area (TPSA) is 159 Å². The Hall–Kier alpha value is -5.99. The number of hydrogen-bond acceptors (Lipinski definition) is 7. The van der Waals surface area contributed by atoms with Crippen LogP contribution < -0.4 is 10.1 Å². The lowest BCUT2D eigenvalue weighted by Gasteiger charge is -2.09. The minimum absolute atomic E-state index is 0.106. The number of carboxylic acids is 1. The van der Waals surface area contributed by atoms with E-state index >= 15 is 0 Å². The van der Waals surface area contributed by atoms with Gasteiger partial charge in [-0.15, -0.1) is 0 Å². The van der Waals surface area contributed by atoms with E-state index in [1.807, 2.05) is 35.0 Å². The summed E-state index contributed by atoms with van der Waals surface area (Å²) >= 11 is 6.34. The molecule has 0 saturated heterocycles. The largest absolute Gasteiger partial charge is 0.481 e. The molecule has 0 atom stereocenters. The average molecular weight is 618 g/mol. The Morgan fingerprint density at radius 1 is 1.02 bits per heavy atom. The summed E-state index contributed by atoms with van der Waals surface area (Å²) in [6.45, 7) is 0.660. The lowest BCUT2D eigenvalue weighted by atomic mass is 9.98. The Morgan fingerprint density at radius 3 is 2.56 bits per heavy atom. The number of hydrogen-bond donors (Lipinski definition) is 3. The van der Waals surface area contributed by atoms with Crippen molar-refractivity contribution in [2.24, 2.45) is 0 Å². The minimum Gasteiger partial charge on any atom is -0.481 e. The molecule has 6 rings (SSSR count). The Bertz CT molecular complexity index is 2160. The molecule has 3 heterocycles. The van der Waals surface area contributed by atoms with Gasteiger partial charge < -0.3 is 19.7 Å². The van der Waals surface area contributed by atoms with Crippen LogP contribution in [0, 0.1) is 11.3 Å². The van der Waals surface area contributed by atoms with E-state index < -0.39 is 11.9 Å². The number of aromatic carboxylic acids is 1. The summed E-state index contributed by atoms with van der Waals surface area (Å²) in [4.78, 5) is 29.5. The van der Waals surface area contributed by atoms with E-state index in [0.717, 1.165) is 27.6 Å². The smallest absolute Gasteiger partial charge is 0.335 e. The Kier molecular flexibility index (Phi) is 7.97. The zero-order chi connectivity index (χ0) is 31.5. The molecule has 0 aliphatic heterocycles. The fourth-order valence-corrected chi connectivity index (χ4v) is 5.18. The van der Waals surface area contributed by atoms with Crippen LogP contribution in [-0.2, 0) is 13.1 Å². The van der Waals surface area contributed by atoms with Crippen molar-refractivity contribution in [3.05, 3.63) is 118 Å². The first-order valence-electron chi connectivity index (χ1n) is 13.7. The number of allylic oxidation sites excluding steroid dienone is 1. The molecule has 0 bridgehead atoms. The molecule has 45 heavy (non-hydrogen) atoms. The van der Waals surface area contributed by atoms with Gasteiger partial charge >= 0.3 is 5.97 Å². The Balaban J connectivity index is 1.33. The predicted molar refractivity (Wildman–Crippen MR) is 169 cm³/mol. The molecule has 0 fully saturated rings. The number of halogens is 1. The summed E-state index contributed by atoms with van der Waals surface area (Å²) in [7, 11) is 1.55. The molecular weight excluding hydrogens is 594 g/mol. The number of methoxy groups -OCH3 is 1. The number of aromatic amines is 1. The molecule has 3 N–H and O–H groups in total. The maximum atomic E-state index is 13.2. The third-order valence-electron chi connectivity index (χ3n) is 7.24. The van der Waals surface area contributed by atoms with Gasteiger partial charge in [-0.3, -0.25) is 4.79 Å². The van der Waals surface area contributed by atoms with Crippen molar-refractivity contribution in [2.75, 3.05) is 7.11 Å². The highest BCUT2D eigenvalue weighted by Crippen LogP contribution is 2.30. The maximum Gasteiger partial charge on any atom is 0.335 e. The Morgan fingerprint density at radius 2 is 1.80 bits per heavy atom. The highest BCUT2D eigenvalue weighted by atomic mass is 35.5. The molecule has 11 nitrogen and oxygen atoms in total. The number of nitrogens with zero attached hydrogens (tertiary/aromatic N) is 5. The van der Waals surface area contributed by atoms with Gasteiger partial charge in [0.25, 0.3) is 5.91 Å². The van der Waals surface area contributed by atoms with Gasteiger partial charge in [-0.05, 0) is 65.2 Å². The molecular formula is C33H24ClN7O4. The molecule has 6 aromatic rings. The van der Waals surface area contributed by atoms with E-state index in [2.05, 4.69) is 31.8 Å². The van der Waals surface area contributed by atoms with Crippen LogP contribution in [0.2, 0.25) is 5.02 Å². The van der Waals surface area contributed by atoms with Gasteiger partial charge in [-0.25, -0.2) is 9.78 Å². The van der Waals surface area contributed by atoms with Gasteiger partial charge in [-0.2, -0.15) is 20.7 Å². The molecule has 0 spiro atoms. The number of rotatable bonds is 9. The highest BCUT2D eigenvalue weighted by molar-refractivity contribution is 6.31. The number of nitriles is 1. The second kappa shape index (κ2) is 12.3.